The SMILES string of the molecule is CCOC(=O)CN(c1ccc(C(N)=S)cc1Cl)C1CC1. The second-order valence-electron chi connectivity index (χ2n) is 4.69. The van der Waals surface area contributed by atoms with Gasteiger partial charge in [0.1, 0.15) is 11.5 Å². The molecule has 1 aromatic rings. The lowest BCUT2D eigenvalue weighted by Gasteiger charge is -2.24. The number of ether oxygens (including phenoxy) is 1. The number of hydrogen-bond acceptors (Lipinski definition) is 4. The molecule has 1 aliphatic rings. The highest BCUT2D eigenvalue weighted by molar-refractivity contribution is 7.80. The zero-order valence-corrected chi connectivity index (χ0v) is 12.8. The summed E-state index contributed by atoms with van der Waals surface area (Å²) in [4.78, 5) is 14.0. The molecule has 1 saturated carbocycles. The van der Waals surface area contributed by atoms with Gasteiger partial charge in [0.2, 0.25) is 0 Å². The summed E-state index contributed by atoms with van der Waals surface area (Å²) >= 11 is 11.2. The van der Waals surface area contributed by atoms with Crippen molar-refractivity contribution in [1.29, 1.82) is 0 Å². The highest BCUT2D eigenvalue weighted by Crippen LogP contribution is 2.36. The summed E-state index contributed by atoms with van der Waals surface area (Å²) in [5.74, 6) is -0.242. The van der Waals surface area contributed by atoms with Crippen molar-refractivity contribution in [3.8, 4) is 0 Å². The molecular formula is C14H17ClN2O2S. The van der Waals surface area contributed by atoms with E-state index >= 15 is 0 Å². The molecule has 6 heteroatoms. The van der Waals surface area contributed by atoms with Crippen molar-refractivity contribution >= 4 is 40.5 Å². The van der Waals surface area contributed by atoms with Gasteiger partial charge < -0.3 is 15.4 Å². The van der Waals surface area contributed by atoms with Crippen LogP contribution in [0.3, 0.4) is 0 Å². The van der Waals surface area contributed by atoms with Gasteiger partial charge in [0, 0.05) is 11.6 Å². The second-order valence-corrected chi connectivity index (χ2v) is 5.54. The van der Waals surface area contributed by atoms with E-state index in [-0.39, 0.29) is 12.5 Å². The van der Waals surface area contributed by atoms with Crippen LogP contribution in [0, 0.1) is 0 Å². The average molecular weight is 313 g/mol. The Balaban J connectivity index is 2.21. The molecule has 0 atom stereocenters. The molecule has 1 aromatic carbocycles. The van der Waals surface area contributed by atoms with Gasteiger partial charge in [0.05, 0.1) is 17.3 Å². The minimum atomic E-state index is -0.242. The van der Waals surface area contributed by atoms with Crippen LogP contribution in [0.4, 0.5) is 5.69 Å². The van der Waals surface area contributed by atoms with Gasteiger partial charge in [0.15, 0.2) is 0 Å². The number of carbonyl (C=O) groups is 1. The van der Waals surface area contributed by atoms with Gasteiger partial charge in [-0.1, -0.05) is 23.8 Å². The Labute approximate surface area is 128 Å². The van der Waals surface area contributed by atoms with Gasteiger partial charge in [-0.15, -0.1) is 0 Å². The summed E-state index contributed by atoms with van der Waals surface area (Å²) in [6.45, 7) is 2.39. The van der Waals surface area contributed by atoms with Crippen molar-refractivity contribution in [2.75, 3.05) is 18.1 Å². The topological polar surface area (TPSA) is 55.6 Å². The van der Waals surface area contributed by atoms with Crippen molar-refractivity contribution in [1.82, 2.24) is 0 Å². The molecule has 0 spiro atoms. The first-order chi connectivity index (χ1) is 9.52. The van der Waals surface area contributed by atoms with Gasteiger partial charge in [0.25, 0.3) is 0 Å². The number of benzene rings is 1. The molecular weight excluding hydrogens is 296 g/mol. The number of halogens is 1. The minimum absolute atomic E-state index is 0.213. The Bertz CT molecular complexity index is 532. The van der Waals surface area contributed by atoms with Crippen LogP contribution in [-0.2, 0) is 9.53 Å². The van der Waals surface area contributed by atoms with Gasteiger partial charge >= 0.3 is 5.97 Å². The second kappa shape index (κ2) is 6.41. The van der Waals surface area contributed by atoms with E-state index in [1.54, 1.807) is 13.0 Å². The summed E-state index contributed by atoms with van der Waals surface area (Å²) in [5, 5.41) is 0.548. The normalized spacial score (nSPS) is 13.9. The van der Waals surface area contributed by atoms with E-state index in [9.17, 15) is 4.79 Å². The van der Waals surface area contributed by atoms with E-state index in [0.29, 0.717) is 22.7 Å². The Morgan fingerprint density at radius 2 is 2.25 bits per heavy atom. The maximum Gasteiger partial charge on any atom is 0.325 e. The Kier molecular flexibility index (Phi) is 4.83. The van der Waals surface area contributed by atoms with E-state index in [4.69, 9.17) is 34.3 Å². The number of nitrogens with two attached hydrogens (primary N) is 1. The molecule has 0 aromatic heterocycles. The van der Waals surface area contributed by atoms with Gasteiger partial charge in [-0.2, -0.15) is 0 Å². The van der Waals surface area contributed by atoms with Crippen molar-refractivity contribution in [2.24, 2.45) is 5.73 Å². The maximum atomic E-state index is 11.7. The molecule has 0 heterocycles. The van der Waals surface area contributed by atoms with Gasteiger partial charge in [-0.05, 0) is 38.0 Å². The zero-order chi connectivity index (χ0) is 14.7. The fraction of sp³-hybridized carbons (Fsp3) is 0.429. The van der Waals surface area contributed by atoms with E-state index in [1.807, 2.05) is 17.0 Å². The number of rotatable bonds is 6. The fourth-order valence-corrected chi connectivity index (χ4v) is 2.45. The first-order valence-corrected chi connectivity index (χ1v) is 7.33. The summed E-state index contributed by atoms with van der Waals surface area (Å²) in [6, 6.07) is 5.77. The molecule has 0 radical (unpaired) electrons. The smallest absolute Gasteiger partial charge is 0.325 e. The first-order valence-electron chi connectivity index (χ1n) is 6.54. The quantitative estimate of drug-likeness (QED) is 0.646. The predicted molar refractivity (Wildman–Crippen MR) is 84.3 cm³/mol. The van der Waals surface area contributed by atoms with Crippen LogP contribution in [0.2, 0.25) is 5.02 Å². The van der Waals surface area contributed by atoms with Crippen LogP contribution in [0.1, 0.15) is 25.3 Å². The van der Waals surface area contributed by atoms with Gasteiger partial charge in [-0.3, -0.25) is 4.79 Å². The Morgan fingerprint density at radius 1 is 1.55 bits per heavy atom. The molecule has 0 aliphatic heterocycles. The number of nitrogens with zero attached hydrogens (tertiary/aromatic N) is 1. The molecule has 2 rings (SSSR count). The first kappa shape index (κ1) is 15.1. The van der Waals surface area contributed by atoms with E-state index < -0.39 is 0 Å². The van der Waals surface area contributed by atoms with Crippen LogP contribution in [0.25, 0.3) is 0 Å². The predicted octanol–water partition coefficient (Wildman–Crippen LogP) is 2.51. The average Bonchev–Trinajstić information content (AvgIpc) is 3.20. The third-order valence-electron chi connectivity index (χ3n) is 3.13. The molecule has 0 bridgehead atoms. The summed E-state index contributed by atoms with van der Waals surface area (Å²) in [5.41, 5.74) is 7.13. The van der Waals surface area contributed by atoms with Crippen molar-refractivity contribution < 1.29 is 9.53 Å². The fourth-order valence-electron chi connectivity index (χ4n) is 2.04. The van der Waals surface area contributed by atoms with Gasteiger partial charge in [-0.25, -0.2) is 0 Å². The van der Waals surface area contributed by atoms with E-state index in [1.165, 1.54) is 0 Å². The number of anilines is 1. The number of esters is 1. The molecule has 0 unspecified atom stereocenters. The Morgan fingerprint density at radius 3 is 2.75 bits per heavy atom. The van der Waals surface area contributed by atoms with Crippen molar-refractivity contribution in [3.63, 3.8) is 0 Å². The van der Waals surface area contributed by atoms with Crippen LogP contribution >= 0.6 is 23.8 Å². The highest BCUT2D eigenvalue weighted by Gasteiger charge is 2.32. The molecule has 1 aliphatic carbocycles. The zero-order valence-electron chi connectivity index (χ0n) is 11.3. The Hall–Kier alpha value is -1.33. The van der Waals surface area contributed by atoms with Crippen LogP contribution in [0.15, 0.2) is 18.2 Å². The molecule has 2 N–H and O–H groups in total. The number of hydrogen-bond donors (Lipinski definition) is 1. The van der Waals surface area contributed by atoms with E-state index in [2.05, 4.69) is 0 Å². The largest absolute Gasteiger partial charge is 0.465 e. The monoisotopic (exact) mass is 312 g/mol. The molecule has 20 heavy (non-hydrogen) atoms. The standard InChI is InChI=1S/C14H17ClN2O2S/c1-2-19-13(18)8-17(10-4-5-10)12-6-3-9(14(16)20)7-11(12)15/h3,6-7,10H,2,4-5,8H2,1H3,(H2,16,20). The third-order valence-corrected chi connectivity index (χ3v) is 3.67. The highest BCUT2D eigenvalue weighted by atomic mass is 35.5. The number of thiocarbonyl (C=S) groups is 1. The summed E-state index contributed by atoms with van der Waals surface area (Å²) < 4.78 is 5.01. The minimum Gasteiger partial charge on any atom is -0.465 e. The third kappa shape index (κ3) is 3.61. The lowest BCUT2D eigenvalue weighted by atomic mass is 10.2. The molecule has 108 valence electrons. The summed E-state index contributed by atoms with van der Waals surface area (Å²) in [7, 11) is 0. The van der Waals surface area contributed by atoms with Crippen molar-refractivity contribution in [3.05, 3.63) is 28.8 Å². The van der Waals surface area contributed by atoms with Crippen molar-refractivity contribution in [2.45, 2.75) is 25.8 Å². The maximum absolute atomic E-state index is 11.7. The lowest BCUT2D eigenvalue weighted by Crippen LogP contribution is -2.33. The van der Waals surface area contributed by atoms with Crippen LogP contribution < -0.4 is 10.6 Å². The molecule has 0 saturated heterocycles. The lowest BCUT2D eigenvalue weighted by molar-refractivity contribution is -0.141. The number of carbonyl (C=O) groups excluding carboxylic acids is 1. The van der Waals surface area contributed by atoms with E-state index in [0.717, 1.165) is 24.1 Å². The van der Waals surface area contributed by atoms with Crippen LogP contribution in [-0.4, -0.2) is 30.2 Å². The summed E-state index contributed by atoms with van der Waals surface area (Å²) in [6.07, 6.45) is 2.12. The molecule has 4 nitrogen and oxygen atoms in total. The van der Waals surface area contributed by atoms with Crippen LogP contribution in [0.5, 0.6) is 0 Å². The molecule has 1 fully saturated rings. The molecule has 0 amide bonds.